The van der Waals surface area contributed by atoms with Gasteiger partial charge in [-0.05, 0) is 6.92 Å². The van der Waals surface area contributed by atoms with Gasteiger partial charge >= 0.3 is 6.18 Å². The third-order valence-corrected chi connectivity index (χ3v) is 2.71. The van der Waals surface area contributed by atoms with Crippen molar-refractivity contribution < 1.29 is 22.7 Å². The Balaban J connectivity index is 2.49. The molecule has 100 valence electrons. The molecule has 0 aliphatic carbocycles. The van der Waals surface area contributed by atoms with E-state index in [2.05, 4.69) is 0 Å². The molecule has 0 aromatic heterocycles. The van der Waals surface area contributed by atoms with Crippen LogP contribution < -0.4 is 5.73 Å². The Kier molecular flexibility index (Phi) is 4.76. The topological polar surface area (TPSA) is 55.6 Å². The zero-order chi connectivity index (χ0) is 13.1. The first-order chi connectivity index (χ1) is 7.83. The van der Waals surface area contributed by atoms with Crippen LogP contribution in [0.4, 0.5) is 13.2 Å². The number of amides is 1. The van der Waals surface area contributed by atoms with E-state index < -0.39 is 24.9 Å². The van der Waals surface area contributed by atoms with Gasteiger partial charge in [0.05, 0.1) is 25.2 Å². The number of morpholine rings is 1. The summed E-state index contributed by atoms with van der Waals surface area (Å²) in [4.78, 5) is 13.1. The second kappa shape index (κ2) is 5.68. The average molecular weight is 254 g/mol. The highest BCUT2D eigenvalue weighted by Crippen LogP contribution is 2.23. The summed E-state index contributed by atoms with van der Waals surface area (Å²) in [5, 5.41) is 0. The van der Waals surface area contributed by atoms with Gasteiger partial charge < -0.3 is 15.4 Å². The Hall–Kier alpha value is -0.820. The van der Waals surface area contributed by atoms with Crippen molar-refractivity contribution in [1.29, 1.82) is 0 Å². The van der Waals surface area contributed by atoms with Crippen molar-refractivity contribution in [2.24, 2.45) is 5.73 Å². The maximum absolute atomic E-state index is 12.0. The first-order valence-corrected chi connectivity index (χ1v) is 5.51. The van der Waals surface area contributed by atoms with Crippen LogP contribution in [0.15, 0.2) is 0 Å². The van der Waals surface area contributed by atoms with Crippen LogP contribution >= 0.6 is 0 Å². The molecule has 0 radical (unpaired) electrons. The first kappa shape index (κ1) is 14.2. The van der Waals surface area contributed by atoms with Gasteiger partial charge in [0.25, 0.3) is 0 Å². The number of carbonyl (C=O) groups excluding carboxylic acids is 1. The van der Waals surface area contributed by atoms with E-state index >= 15 is 0 Å². The molecule has 2 atom stereocenters. The minimum atomic E-state index is -4.29. The number of rotatable bonds is 3. The molecule has 1 rings (SSSR count). The summed E-state index contributed by atoms with van der Waals surface area (Å²) in [7, 11) is 0. The van der Waals surface area contributed by atoms with E-state index in [0.29, 0.717) is 6.61 Å². The number of hydrogen-bond donors (Lipinski definition) is 1. The van der Waals surface area contributed by atoms with Crippen LogP contribution in [-0.2, 0) is 9.53 Å². The van der Waals surface area contributed by atoms with Gasteiger partial charge in [0.2, 0.25) is 5.91 Å². The van der Waals surface area contributed by atoms with Crippen molar-refractivity contribution in [3.63, 3.8) is 0 Å². The highest BCUT2D eigenvalue weighted by molar-refractivity contribution is 5.76. The molecule has 1 heterocycles. The molecule has 1 aliphatic rings. The van der Waals surface area contributed by atoms with Crippen molar-refractivity contribution in [2.75, 3.05) is 19.7 Å². The van der Waals surface area contributed by atoms with Gasteiger partial charge in [-0.3, -0.25) is 4.79 Å². The molecule has 1 amide bonds. The molecular formula is C10H17F3N2O2. The number of ether oxygens (including phenoxy) is 1. The van der Waals surface area contributed by atoms with Crippen molar-refractivity contribution in [3.05, 3.63) is 0 Å². The highest BCUT2D eigenvalue weighted by atomic mass is 19.4. The van der Waals surface area contributed by atoms with Gasteiger partial charge in [-0.25, -0.2) is 0 Å². The van der Waals surface area contributed by atoms with Crippen LogP contribution in [0.25, 0.3) is 0 Å². The smallest absolute Gasteiger partial charge is 0.373 e. The van der Waals surface area contributed by atoms with Gasteiger partial charge in [-0.15, -0.1) is 0 Å². The molecule has 1 saturated heterocycles. The molecule has 0 aromatic rings. The van der Waals surface area contributed by atoms with E-state index in [1.165, 1.54) is 4.90 Å². The molecule has 2 unspecified atom stereocenters. The number of carbonyl (C=O) groups is 1. The number of halogens is 3. The summed E-state index contributed by atoms with van der Waals surface area (Å²) in [6.07, 6.45) is -6.16. The van der Waals surface area contributed by atoms with Gasteiger partial charge in [-0.2, -0.15) is 13.2 Å². The molecule has 4 nitrogen and oxygen atoms in total. The van der Waals surface area contributed by atoms with E-state index in [-0.39, 0.29) is 25.2 Å². The lowest BCUT2D eigenvalue weighted by molar-refractivity contribution is -0.156. The second-order valence-electron chi connectivity index (χ2n) is 4.20. The summed E-state index contributed by atoms with van der Waals surface area (Å²) in [6, 6.07) is -0.196. The lowest BCUT2D eigenvalue weighted by atomic mass is 10.1. The fourth-order valence-corrected chi connectivity index (χ4v) is 1.70. The minimum absolute atomic E-state index is 0.196. The lowest BCUT2D eigenvalue weighted by Gasteiger charge is -2.37. The molecule has 1 aliphatic heterocycles. The fraction of sp³-hybridized carbons (Fsp3) is 0.900. The van der Waals surface area contributed by atoms with Crippen LogP contribution in [0, 0.1) is 0 Å². The monoisotopic (exact) mass is 254 g/mol. The van der Waals surface area contributed by atoms with Gasteiger partial charge in [0.1, 0.15) is 0 Å². The van der Waals surface area contributed by atoms with Gasteiger partial charge in [-0.1, -0.05) is 0 Å². The summed E-state index contributed by atoms with van der Waals surface area (Å²) >= 11 is 0. The standard InChI is InChI=1S/C10H17F3N2O2/c1-7-6-17-8(4-14)5-15(7)9(16)2-3-10(11,12)13/h7-8H,2-6,14H2,1H3. The molecule has 0 aromatic carbocycles. The molecular weight excluding hydrogens is 237 g/mol. The number of nitrogens with two attached hydrogens (primary N) is 1. The second-order valence-corrected chi connectivity index (χ2v) is 4.20. The third kappa shape index (κ3) is 4.51. The summed E-state index contributed by atoms with van der Waals surface area (Å²) in [5.74, 6) is -0.489. The van der Waals surface area contributed by atoms with E-state index in [4.69, 9.17) is 10.5 Å². The largest absolute Gasteiger partial charge is 0.389 e. The molecule has 7 heteroatoms. The van der Waals surface area contributed by atoms with E-state index in [0.717, 1.165) is 0 Å². The Morgan fingerprint density at radius 1 is 1.53 bits per heavy atom. The highest BCUT2D eigenvalue weighted by Gasteiger charge is 2.32. The van der Waals surface area contributed by atoms with Gasteiger partial charge in [0.15, 0.2) is 0 Å². The van der Waals surface area contributed by atoms with Crippen LogP contribution in [0.2, 0.25) is 0 Å². The Morgan fingerprint density at radius 2 is 2.18 bits per heavy atom. The Labute approximate surface area is 97.9 Å². The Bertz CT molecular complexity index is 271. The van der Waals surface area contributed by atoms with Crippen molar-refractivity contribution >= 4 is 5.91 Å². The van der Waals surface area contributed by atoms with Crippen LogP contribution in [0.5, 0.6) is 0 Å². The normalized spacial score (nSPS) is 26.1. The summed E-state index contributed by atoms with van der Waals surface area (Å²) in [6.45, 7) is 2.60. The van der Waals surface area contributed by atoms with Gasteiger partial charge in [0, 0.05) is 19.5 Å². The van der Waals surface area contributed by atoms with Crippen LogP contribution in [0.3, 0.4) is 0 Å². The number of hydrogen-bond acceptors (Lipinski definition) is 3. The molecule has 0 spiro atoms. The maximum Gasteiger partial charge on any atom is 0.389 e. The van der Waals surface area contributed by atoms with Crippen molar-refractivity contribution in [3.8, 4) is 0 Å². The van der Waals surface area contributed by atoms with E-state index in [1.54, 1.807) is 6.92 Å². The molecule has 1 fully saturated rings. The third-order valence-electron chi connectivity index (χ3n) is 2.71. The fourth-order valence-electron chi connectivity index (χ4n) is 1.70. The van der Waals surface area contributed by atoms with Crippen LogP contribution in [0.1, 0.15) is 19.8 Å². The maximum atomic E-state index is 12.0. The van der Waals surface area contributed by atoms with Crippen LogP contribution in [-0.4, -0.2) is 48.8 Å². The predicted octanol–water partition coefficient (Wildman–Crippen LogP) is 0.903. The average Bonchev–Trinajstić information content (AvgIpc) is 2.25. The zero-order valence-electron chi connectivity index (χ0n) is 9.67. The zero-order valence-corrected chi connectivity index (χ0v) is 9.67. The van der Waals surface area contributed by atoms with Crippen molar-refractivity contribution in [1.82, 2.24) is 4.90 Å². The van der Waals surface area contributed by atoms with Crippen molar-refractivity contribution in [2.45, 2.75) is 38.1 Å². The van der Waals surface area contributed by atoms with E-state index in [9.17, 15) is 18.0 Å². The molecule has 0 bridgehead atoms. The summed E-state index contributed by atoms with van der Waals surface area (Å²) < 4.78 is 41.3. The number of nitrogens with zero attached hydrogens (tertiary/aromatic N) is 1. The Morgan fingerprint density at radius 3 is 2.71 bits per heavy atom. The molecule has 17 heavy (non-hydrogen) atoms. The quantitative estimate of drug-likeness (QED) is 0.814. The minimum Gasteiger partial charge on any atom is -0.373 e. The predicted molar refractivity (Wildman–Crippen MR) is 55.3 cm³/mol. The summed E-state index contributed by atoms with van der Waals surface area (Å²) in [5.41, 5.74) is 5.41. The first-order valence-electron chi connectivity index (χ1n) is 5.51. The van der Waals surface area contributed by atoms with E-state index in [1.807, 2.05) is 0 Å². The lowest BCUT2D eigenvalue weighted by Crippen LogP contribution is -2.53. The molecule has 2 N–H and O–H groups in total. The number of alkyl halides is 3. The molecule has 0 saturated carbocycles. The SMILES string of the molecule is CC1COC(CN)CN1C(=O)CCC(F)(F)F.